The second kappa shape index (κ2) is 5.41. The molecule has 1 aromatic heterocycles. The number of nitrogens with two attached hydrogens (primary N) is 1. The first-order valence-electron chi connectivity index (χ1n) is 5.47. The van der Waals surface area contributed by atoms with Crippen LogP contribution in [0.25, 0.3) is 0 Å². The third kappa shape index (κ3) is 3.26. The van der Waals surface area contributed by atoms with Gasteiger partial charge in [0.05, 0.1) is 0 Å². The first kappa shape index (κ1) is 11.5. The molecule has 2 N–H and O–H groups in total. The van der Waals surface area contributed by atoms with Crippen LogP contribution in [0.2, 0.25) is 0 Å². The van der Waals surface area contributed by atoms with E-state index in [4.69, 9.17) is 10.5 Å². The van der Waals surface area contributed by atoms with Gasteiger partial charge in [0.15, 0.2) is 5.82 Å². The molecule has 1 heterocycles. The average Bonchev–Trinajstić information content (AvgIpc) is 2.39. The van der Waals surface area contributed by atoms with Gasteiger partial charge in [-0.1, -0.05) is 17.7 Å². The van der Waals surface area contributed by atoms with Gasteiger partial charge < -0.3 is 10.5 Å². The number of hydrogen-bond donors (Lipinski definition) is 1. The first-order valence-corrected chi connectivity index (χ1v) is 5.47. The fourth-order valence-electron chi connectivity index (χ4n) is 1.34. The van der Waals surface area contributed by atoms with E-state index in [0.29, 0.717) is 19.0 Å². The highest BCUT2D eigenvalue weighted by Gasteiger charge is 1.99. The summed E-state index contributed by atoms with van der Waals surface area (Å²) in [7, 11) is 0. The van der Waals surface area contributed by atoms with Crippen LogP contribution in [0.5, 0.6) is 5.75 Å². The van der Waals surface area contributed by atoms with Crippen molar-refractivity contribution in [3.8, 4) is 5.75 Å². The van der Waals surface area contributed by atoms with Crippen molar-refractivity contribution >= 4 is 0 Å². The van der Waals surface area contributed by atoms with Gasteiger partial charge in [0.2, 0.25) is 0 Å². The molecule has 0 fully saturated rings. The molecule has 0 unspecified atom stereocenters. The predicted molar refractivity (Wildman–Crippen MR) is 65.4 cm³/mol. The number of hydrogen-bond acceptors (Lipinski definition) is 4. The van der Waals surface area contributed by atoms with Crippen LogP contribution in [0.1, 0.15) is 17.0 Å². The fraction of sp³-hybridized carbons (Fsp3) is 0.231. The molecule has 1 aromatic carbocycles. The summed E-state index contributed by atoms with van der Waals surface area (Å²) in [6, 6.07) is 7.88. The Morgan fingerprint density at radius 1 is 1.12 bits per heavy atom. The van der Waals surface area contributed by atoms with E-state index in [0.717, 1.165) is 11.3 Å². The molecule has 88 valence electrons. The van der Waals surface area contributed by atoms with Crippen LogP contribution in [0, 0.1) is 6.92 Å². The van der Waals surface area contributed by atoms with Gasteiger partial charge >= 0.3 is 0 Å². The van der Waals surface area contributed by atoms with Crippen LogP contribution < -0.4 is 10.5 Å². The van der Waals surface area contributed by atoms with E-state index in [1.165, 1.54) is 5.56 Å². The van der Waals surface area contributed by atoms with Gasteiger partial charge in [-0.05, 0) is 19.1 Å². The van der Waals surface area contributed by atoms with E-state index in [2.05, 4.69) is 9.97 Å². The molecule has 2 rings (SSSR count). The van der Waals surface area contributed by atoms with Gasteiger partial charge in [-0.3, -0.25) is 0 Å². The summed E-state index contributed by atoms with van der Waals surface area (Å²) in [5, 5.41) is 0. The van der Waals surface area contributed by atoms with Crippen molar-refractivity contribution in [2.24, 2.45) is 5.73 Å². The molecule has 4 nitrogen and oxygen atoms in total. The summed E-state index contributed by atoms with van der Waals surface area (Å²) in [5.74, 6) is 1.48. The summed E-state index contributed by atoms with van der Waals surface area (Å²) in [5.41, 5.74) is 7.60. The Balaban J connectivity index is 1.95. The van der Waals surface area contributed by atoms with E-state index in [9.17, 15) is 0 Å². The average molecular weight is 229 g/mol. The normalized spacial score (nSPS) is 10.2. The maximum Gasteiger partial charge on any atom is 0.166 e. The molecule has 0 atom stereocenters. The smallest absolute Gasteiger partial charge is 0.166 e. The Bertz CT molecular complexity index is 465. The molecule has 0 aliphatic heterocycles. The molecule has 0 aliphatic rings. The molecule has 0 aliphatic carbocycles. The number of ether oxygens (including phenoxy) is 1. The van der Waals surface area contributed by atoms with Gasteiger partial charge in [-0.25, -0.2) is 9.97 Å². The highest BCUT2D eigenvalue weighted by Crippen LogP contribution is 2.12. The minimum absolute atomic E-state index is 0.369. The lowest BCUT2D eigenvalue weighted by Crippen LogP contribution is -2.04. The lowest BCUT2D eigenvalue weighted by Gasteiger charge is -2.05. The molecule has 0 saturated heterocycles. The van der Waals surface area contributed by atoms with Crippen LogP contribution in [0.4, 0.5) is 0 Å². The standard InChI is InChI=1S/C13H15N3O/c1-10-2-4-12(5-3-10)17-9-13-15-7-11(6-14)8-16-13/h2-5,7-8H,6,9,14H2,1H3. The quantitative estimate of drug-likeness (QED) is 0.868. The van der Waals surface area contributed by atoms with Crippen molar-refractivity contribution in [3.63, 3.8) is 0 Å². The van der Waals surface area contributed by atoms with Gasteiger partial charge in [0.25, 0.3) is 0 Å². The van der Waals surface area contributed by atoms with Gasteiger partial charge in [0, 0.05) is 24.5 Å². The molecular formula is C13H15N3O. The van der Waals surface area contributed by atoms with Crippen LogP contribution in [-0.2, 0) is 13.2 Å². The summed E-state index contributed by atoms with van der Waals surface area (Å²) < 4.78 is 5.56. The molecule has 4 heteroatoms. The van der Waals surface area contributed by atoms with E-state index in [1.807, 2.05) is 31.2 Å². The Morgan fingerprint density at radius 2 is 1.76 bits per heavy atom. The Labute approximate surface area is 100 Å². The zero-order valence-electron chi connectivity index (χ0n) is 9.76. The second-order valence-electron chi connectivity index (χ2n) is 3.81. The molecule has 0 radical (unpaired) electrons. The van der Waals surface area contributed by atoms with E-state index < -0.39 is 0 Å². The zero-order valence-corrected chi connectivity index (χ0v) is 9.76. The summed E-state index contributed by atoms with van der Waals surface area (Å²) >= 11 is 0. The highest BCUT2D eigenvalue weighted by molar-refractivity contribution is 5.26. The topological polar surface area (TPSA) is 61.0 Å². The lowest BCUT2D eigenvalue weighted by atomic mass is 10.2. The van der Waals surface area contributed by atoms with E-state index in [-0.39, 0.29) is 0 Å². The lowest BCUT2D eigenvalue weighted by molar-refractivity contribution is 0.295. The van der Waals surface area contributed by atoms with Crippen LogP contribution in [0.3, 0.4) is 0 Å². The molecule has 0 spiro atoms. The van der Waals surface area contributed by atoms with Crippen molar-refractivity contribution in [1.82, 2.24) is 9.97 Å². The van der Waals surface area contributed by atoms with Crippen LogP contribution >= 0.6 is 0 Å². The van der Waals surface area contributed by atoms with Crippen LogP contribution in [-0.4, -0.2) is 9.97 Å². The Kier molecular flexibility index (Phi) is 3.67. The number of aryl methyl sites for hydroxylation is 1. The molecule has 0 bridgehead atoms. The Hall–Kier alpha value is -1.94. The second-order valence-corrected chi connectivity index (χ2v) is 3.81. The monoisotopic (exact) mass is 229 g/mol. The first-order chi connectivity index (χ1) is 8.28. The minimum Gasteiger partial charge on any atom is -0.486 e. The van der Waals surface area contributed by atoms with Crippen molar-refractivity contribution in [3.05, 3.63) is 53.6 Å². The fourth-order valence-corrected chi connectivity index (χ4v) is 1.34. The van der Waals surface area contributed by atoms with E-state index in [1.54, 1.807) is 12.4 Å². The third-order valence-corrected chi connectivity index (χ3v) is 2.38. The SMILES string of the molecule is Cc1ccc(OCc2ncc(CN)cn2)cc1. The van der Waals surface area contributed by atoms with Crippen molar-refractivity contribution < 1.29 is 4.74 Å². The number of rotatable bonds is 4. The molecule has 0 saturated carbocycles. The number of nitrogens with zero attached hydrogens (tertiary/aromatic N) is 2. The molecule has 2 aromatic rings. The van der Waals surface area contributed by atoms with Gasteiger partial charge in [-0.15, -0.1) is 0 Å². The van der Waals surface area contributed by atoms with Crippen LogP contribution in [0.15, 0.2) is 36.7 Å². The molecule has 0 amide bonds. The maximum atomic E-state index is 5.56. The molecule has 17 heavy (non-hydrogen) atoms. The number of benzene rings is 1. The van der Waals surface area contributed by atoms with E-state index >= 15 is 0 Å². The summed E-state index contributed by atoms with van der Waals surface area (Å²) in [6.07, 6.45) is 3.45. The number of aromatic nitrogens is 2. The zero-order chi connectivity index (χ0) is 12.1. The largest absolute Gasteiger partial charge is 0.486 e. The van der Waals surface area contributed by atoms with Crippen molar-refractivity contribution in [2.75, 3.05) is 0 Å². The van der Waals surface area contributed by atoms with Crippen molar-refractivity contribution in [2.45, 2.75) is 20.1 Å². The molecular weight excluding hydrogens is 214 g/mol. The predicted octanol–water partition coefficient (Wildman–Crippen LogP) is 1.82. The minimum atomic E-state index is 0.369. The van der Waals surface area contributed by atoms with Crippen molar-refractivity contribution in [1.29, 1.82) is 0 Å². The van der Waals surface area contributed by atoms with Gasteiger partial charge in [0.1, 0.15) is 12.4 Å². The highest BCUT2D eigenvalue weighted by atomic mass is 16.5. The maximum absolute atomic E-state index is 5.56. The summed E-state index contributed by atoms with van der Waals surface area (Å²) in [4.78, 5) is 8.33. The third-order valence-electron chi connectivity index (χ3n) is 2.38. The van der Waals surface area contributed by atoms with Gasteiger partial charge in [-0.2, -0.15) is 0 Å². The Morgan fingerprint density at radius 3 is 2.35 bits per heavy atom. The summed E-state index contributed by atoms with van der Waals surface area (Å²) in [6.45, 7) is 2.87.